The first-order valence-electron chi connectivity index (χ1n) is 8.10. The zero-order chi connectivity index (χ0) is 18.0. The summed E-state index contributed by atoms with van der Waals surface area (Å²) < 4.78 is 51.9. The lowest BCUT2D eigenvalue weighted by Gasteiger charge is -2.27. The highest BCUT2D eigenvalue weighted by Gasteiger charge is 2.27. The number of fused-ring (bicyclic) bond motifs is 1. The molecule has 136 valence electrons. The molecule has 1 aliphatic carbocycles. The van der Waals surface area contributed by atoms with Crippen molar-refractivity contribution in [3.05, 3.63) is 40.8 Å². The summed E-state index contributed by atoms with van der Waals surface area (Å²) in [5.74, 6) is -0.426. The molecule has 8 heteroatoms. The lowest BCUT2D eigenvalue weighted by Crippen LogP contribution is -2.32. The Labute approximate surface area is 145 Å². The largest absolute Gasteiger partial charge is 0.435 e. The van der Waals surface area contributed by atoms with E-state index < -0.39 is 16.4 Å². The molecule has 25 heavy (non-hydrogen) atoms. The number of hydrogen-bond donors (Lipinski definition) is 1. The van der Waals surface area contributed by atoms with Crippen molar-refractivity contribution in [2.45, 2.75) is 38.3 Å². The Kier molecular flexibility index (Phi) is 5.08. The van der Waals surface area contributed by atoms with E-state index in [4.69, 9.17) is 0 Å². The maximum absolute atomic E-state index is 12.3. The number of sulfone groups is 1. The van der Waals surface area contributed by atoms with E-state index in [1.165, 1.54) is 6.07 Å². The molecule has 0 aromatic heterocycles. The van der Waals surface area contributed by atoms with Gasteiger partial charge in [0.25, 0.3) is 0 Å². The number of alkyl halides is 2. The third-order valence-electron chi connectivity index (χ3n) is 4.44. The van der Waals surface area contributed by atoms with Gasteiger partial charge in [-0.15, -0.1) is 0 Å². The summed E-state index contributed by atoms with van der Waals surface area (Å²) >= 11 is 0. The first kappa shape index (κ1) is 17.8. The van der Waals surface area contributed by atoms with Crippen molar-refractivity contribution in [1.29, 1.82) is 0 Å². The molecule has 2 atom stereocenters. The zero-order valence-corrected chi connectivity index (χ0v) is 14.3. The normalized spacial score (nSPS) is 24.1. The van der Waals surface area contributed by atoms with Gasteiger partial charge in [0, 0.05) is 17.7 Å². The number of benzene rings is 1. The summed E-state index contributed by atoms with van der Waals surface area (Å²) in [6, 6.07) is 4.57. The number of carbonyl (C=O) groups excluding carboxylic acids is 1. The van der Waals surface area contributed by atoms with Crippen LogP contribution in [0.15, 0.2) is 29.7 Å². The number of ether oxygens (including phenoxy) is 1. The highest BCUT2D eigenvalue weighted by Crippen LogP contribution is 2.33. The first-order chi connectivity index (χ1) is 11.8. The Morgan fingerprint density at radius 3 is 2.84 bits per heavy atom. The minimum absolute atomic E-state index is 0.0317. The Balaban J connectivity index is 1.65. The van der Waals surface area contributed by atoms with Gasteiger partial charge >= 0.3 is 6.61 Å². The SMILES string of the molecule is O=C(C[C@H]1C=CS(=O)(=O)C1)N[C@H]1CCCc2cc(OC(F)F)ccc21. The molecule has 1 heterocycles. The van der Waals surface area contributed by atoms with E-state index in [2.05, 4.69) is 10.1 Å². The van der Waals surface area contributed by atoms with Crippen molar-refractivity contribution in [3.8, 4) is 5.75 Å². The van der Waals surface area contributed by atoms with Crippen molar-refractivity contribution in [2.24, 2.45) is 5.92 Å². The zero-order valence-electron chi connectivity index (χ0n) is 13.5. The van der Waals surface area contributed by atoms with Gasteiger partial charge < -0.3 is 10.1 Å². The molecule has 3 rings (SSSR count). The number of carbonyl (C=O) groups is 1. The standard InChI is InChI=1S/C17H19F2NO4S/c18-17(19)24-13-4-5-14-12(9-13)2-1-3-15(14)20-16(21)8-11-6-7-25(22,23)10-11/h4-7,9,11,15,17H,1-3,8,10H2,(H,20,21)/t11-,15+/m1/s1. The number of allylic oxidation sites excluding steroid dienone is 1. The average molecular weight is 371 g/mol. The summed E-state index contributed by atoms with van der Waals surface area (Å²) in [6.45, 7) is -2.87. The van der Waals surface area contributed by atoms with E-state index >= 15 is 0 Å². The molecule has 0 saturated carbocycles. The van der Waals surface area contributed by atoms with Crippen molar-refractivity contribution in [3.63, 3.8) is 0 Å². The van der Waals surface area contributed by atoms with Gasteiger partial charge in [-0.05, 0) is 42.5 Å². The summed E-state index contributed by atoms with van der Waals surface area (Å²) in [5, 5.41) is 4.09. The second kappa shape index (κ2) is 7.11. The molecule has 1 N–H and O–H groups in total. The summed E-state index contributed by atoms with van der Waals surface area (Å²) in [4.78, 5) is 12.2. The predicted octanol–water partition coefficient (Wildman–Crippen LogP) is 2.73. The van der Waals surface area contributed by atoms with E-state index in [1.54, 1.807) is 18.2 Å². The van der Waals surface area contributed by atoms with Crippen LogP contribution in [-0.2, 0) is 21.1 Å². The van der Waals surface area contributed by atoms with Crippen molar-refractivity contribution in [1.82, 2.24) is 5.32 Å². The topological polar surface area (TPSA) is 72.5 Å². The molecular weight excluding hydrogens is 352 g/mol. The molecule has 0 radical (unpaired) electrons. The predicted molar refractivity (Wildman–Crippen MR) is 87.9 cm³/mol. The van der Waals surface area contributed by atoms with Crippen LogP contribution in [0.3, 0.4) is 0 Å². The second-order valence-electron chi connectivity index (χ2n) is 6.37. The smallest absolute Gasteiger partial charge is 0.387 e. The molecule has 2 aliphatic rings. The van der Waals surface area contributed by atoms with Gasteiger partial charge in [0.15, 0.2) is 9.84 Å². The Morgan fingerprint density at radius 2 is 2.16 bits per heavy atom. The summed E-state index contributed by atoms with van der Waals surface area (Å²) in [7, 11) is -3.17. The van der Waals surface area contributed by atoms with Gasteiger partial charge in [0.05, 0.1) is 11.8 Å². The number of rotatable bonds is 5. The van der Waals surface area contributed by atoms with Gasteiger partial charge in [0.1, 0.15) is 5.75 Å². The highest BCUT2D eigenvalue weighted by molar-refractivity contribution is 7.94. The van der Waals surface area contributed by atoms with E-state index in [0.717, 1.165) is 35.8 Å². The molecule has 0 bridgehead atoms. The lowest BCUT2D eigenvalue weighted by molar-refractivity contribution is -0.122. The summed E-state index contributed by atoms with van der Waals surface area (Å²) in [5.41, 5.74) is 1.79. The third kappa shape index (κ3) is 4.56. The maximum Gasteiger partial charge on any atom is 0.387 e. The van der Waals surface area contributed by atoms with Gasteiger partial charge in [-0.1, -0.05) is 12.1 Å². The fraction of sp³-hybridized carbons (Fsp3) is 0.471. The quantitative estimate of drug-likeness (QED) is 0.864. The minimum atomic E-state index is -3.17. The molecular formula is C17H19F2NO4S. The Bertz CT molecular complexity index is 792. The van der Waals surface area contributed by atoms with Crippen LogP contribution in [0, 0.1) is 5.92 Å². The van der Waals surface area contributed by atoms with Crippen LogP contribution in [0.25, 0.3) is 0 Å². The van der Waals surface area contributed by atoms with Crippen molar-refractivity contribution >= 4 is 15.7 Å². The lowest BCUT2D eigenvalue weighted by atomic mass is 9.87. The Hall–Kier alpha value is -1.96. The average Bonchev–Trinajstić information content (AvgIpc) is 2.85. The third-order valence-corrected chi connectivity index (χ3v) is 5.91. The number of aryl methyl sites for hydroxylation is 1. The second-order valence-corrected chi connectivity index (χ2v) is 8.30. The van der Waals surface area contributed by atoms with Gasteiger partial charge in [-0.25, -0.2) is 8.42 Å². The molecule has 1 amide bonds. The molecule has 0 unspecified atom stereocenters. The van der Waals surface area contributed by atoms with Gasteiger partial charge in [-0.3, -0.25) is 4.79 Å². The van der Waals surface area contributed by atoms with Gasteiger partial charge in [0.2, 0.25) is 5.91 Å². The van der Waals surface area contributed by atoms with E-state index in [-0.39, 0.29) is 35.8 Å². The fourth-order valence-electron chi connectivity index (χ4n) is 3.38. The van der Waals surface area contributed by atoms with Crippen LogP contribution in [0.1, 0.15) is 36.4 Å². The van der Waals surface area contributed by atoms with Crippen LogP contribution < -0.4 is 10.1 Å². The molecule has 0 saturated heterocycles. The van der Waals surface area contributed by atoms with Gasteiger partial charge in [-0.2, -0.15) is 8.78 Å². The molecule has 0 spiro atoms. The maximum atomic E-state index is 12.3. The number of amides is 1. The highest BCUT2D eigenvalue weighted by atomic mass is 32.2. The molecule has 0 fully saturated rings. The van der Waals surface area contributed by atoms with Crippen LogP contribution in [0.5, 0.6) is 5.75 Å². The van der Waals surface area contributed by atoms with Crippen LogP contribution >= 0.6 is 0 Å². The Morgan fingerprint density at radius 1 is 1.36 bits per heavy atom. The van der Waals surface area contributed by atoms with E-state index in [1.807, 2.05) is 0 Å². The molecule has 1 aromatic carbocycles. The van der Waals surface area contributed by atoms with Crippen LogP contribution in [-0.4, -0.2) is 26.7 Å². The molecule has 1 aromatic rings. The number of nitrogens with one attached hydrogen (secondary N) is 1. The number of hydrogen-bond acceptors (Lipinski definition) is 4. The van der Waals surface area contributed by atoms with Crippen LogP contribution in [0.2, 0.25) is 0 Å². The van der Waals surface area contributed by atoms with E-state index in [9.17, 15) is 22.0 Å². The van der Waals surface area contributed by atoms with Crippen LogP contribution in [0.4, 0.5) is 8.78 Å². The molecule has 5 nitrogen and oxygen atoms in total. The minimum Gasteiger partial charge on any atom is -0.435 e. The monoisotopic (exact) mass is 371 g/mol. The fourth-order valence-corrected chi connectivity index (χ4v) is 4.77. The van der Waals surface area contributed by atoms with E-state index in [0.29, 0.717) is 0 Å². The summed E-state index contributed by atoms with van der Waals surface area (Å²) in [6.07, 6.45) is 4.00. The molecule has 1 aliphatic heterocycles. The van der Waals surface area contributed by atoms with Crippen molar-refractivity contribution in [2.75, 3.05) is 5.75 Å². The van der Waals surface area contributed by atoms with Crippen molar-refractivity contribution < 1.29 is 26.7 Å². The first-order valence-corrected chi connectivity index (χ1v) is 9.82. The number of halogens is 2.